The highest BCUT2D eigenvalue weighted by Crippen LogP contribution is 2.15. The van der Waals surface area contributed by atoms with Crippen molar-refractivity contribution in [1.29, 1.82) is 0 Å². The molecule has 0 fully saturated rings. The predicted octanol–water partition coefficient (Wildman–Crippen LogP) is 2.42. The molecule has 0 bridgehead atoms. The maximum Gasteiger partial charge on any atom is 0.343 e. The molecule has 0 atom stereocenters. The molecule has 0 saturated heterocycles. The quantitative estimate of drug-likeness (QED) is 0.234. The van der Waals surface area contributed by atoms with E-state index in [2.05, 4.69) is 10.6 Å². The lowest BCUT2D eigenvalue weighted by molar-refractivity contribution is -0.142. The van der Waals surface area contributed by atoms with Crippen LogP contribution in [0.4, 0.5) is 0 Å². The van der Waals surface area contributed by atoms with Crippen molar-refractivity contribution in [2.45, 2.75) is 13.3 Å². The minimum atomic E-state index is -0.805. The van der Waals surface area contributed by atoms with Gasteiger partial charge in [0, 0.05) is 5.56 Å². The summed E-state index contributed by atoms with van der Waals surface area (Å²) >= 11 is 0. The van der Waals surface area contributed by atoms with Gasteiger partial charge in [-0.05, 0) is 48.9 Å². The van der Waals surface area contributed by atoms with E-state index in [4.69, 9.17) is 9.47 Å². The fourth-order valence-corrected chi connectivity index (χ4v) is 3.10. The van der Waals surface area contributed by atoms with E-state index in [0.717, 1.165) is 11.1 Å². The first kappa shape index (κ1) is 26.8. The van der Waals surface area contributed by atoms with Crippen molar-refractivity contribution in [3.63, 3.8) is 0 Å². The number of ether oxygens (including phenoxy) is 2. The second-order valence-corrected chi connectivity index (χ2v) is 8.08. The number of esters is 2. The molecule has 0 unspecified atom stereocenters. The number of hydrogen-bond acceptors (Lipinski definition) is 7. The van der Waals surface area contributed by atoms with E-state index in [0.29, 0.717) is 5.56 Å². The van der Waals surface area contributed by atoms with Crippen molar-refractivity contribution in [2.24, 2.45) is 0 Å². The second kappa shape index (κ2) is 13.3. The third-order valence-electron chi connectivity index (χ3n) is 5.12. The molecule has 0 aliphatic heterocycles. The first-order chi connectivity index (χ1) is 17.8. The Bertz CT molecular complexity index is 1250. The Labute approximate surface area is 213 Å². The van der Waals surface area contributed by atoms with Crippen molar-refractivity contribution in [3.05, 3.63) is 101 Å². The molecule has 2 N–H and O–H groups in total. The number of hydrogen-bond donors (Lipinski definition) is 2. The van der Waals surface area contributed by atoms with Gasteiger partial charge in [-0.25, -0.2) is 4.79 Å². The summed E-state index contributed by atoms with van der Waals surface area (Å²) < 4.78 is 10.2. The SMILES string of the molecule is Cc1ccc(C(=O)Oc2ccc(C(=O)COC(=O)CNC(=O)CNC(=O)Cc3ccccc3)cc2)cc1. The Morgan fingerprint density at radius 1 is 0.703 bits per heavy atom. The van der Waals surface area contributed by atoms with E-state index < -0.39 is 36.8 Å². The van der Waals surface area contributed by atoms with Gasteiger partial charge in [0.15, 0.2) is 12.4 Å². The van der Waals surface area contributed by atoms with Crippen LogP contribution in [0.2, 0.25) is 0 Å². The highest BCUT2D eigenvalue weighted by Gasteiger charge is 2.13. The summed E-state index contributed by atoms with van der Waals surface area (Å²) in [6.45, 7) is 0.645. The lowest BCUT2D eigenvalue weighted by Crippen LogP contribution is -2.40. The summed E-state index contributed by atoms with van der Waals surface area (Å²) in [5, 5.41) is 4.78. The summed E-state index contributed by atoms with van der Waals surface area (Å²) in [4.78, 5) is 60.0. The molecule has 0 aliphatic rings. The molecule has 9 heteroatoms. The highest BCUT2D eigenvalue weighted by atomic mass is 16.5. The monoisotopic (exact) mass is 502 g/mol. The van der Waals surface area contributed by atoms with Crippen molar-refractivity contribution < 1.29 is 33.4 Å². The molecule has 0 aromatic heterocycles. The summed E-state index contributed by atoms with van der Waals surface area (Å²) in [6.07, 6.45) is 0.133. The van der Waals surface area contributed by atoms with Crippen LogP contribution in [0.15, 0.2) is 78.9 Å². The van der Waals surface area contributed by atoms with Gasteiger partial charge in [0.1, 0.15) is 12.3 Å². The maximum absolute atomic E-state index is 12.3. The van der Waals surface area contributed by atoms with Crippen molar-refractivity contribution in [3.8, 4) is 5.75 Å². The van der Waals surface area contributed by atoms with Crippen molar-refractivity contribution in [2.75, 3.05) is 19.7 Å². The molecule has 9 nitrogen and oxygen atoms in total. The van der Waals surface area contributed by atoms with E-state index in [-0.39, 0.29) is 30.2 Å². The van der Waals surface area contributed by atoms with Crippen LogP contribution in [0.25, 0.3) is 0 Å². The van der Waals surface area contributed by atoms with Gasteiger partial charge in [-0.1, -0.05) is 48.0 Å². The molecule has 190 valence electrons. The average molecular weight is 503 g/mol. The van der Waals surface area contributed by atoms with Crippen LogP contribution in [0.3, 0.4) is 0 Å². The molecule has 0 spiro atoms. The number of Topliss-reactive ketones (excluding diaryl/α,β-unsaturated/α-hetero) is 1. The van der Waals surface area contributed by atoms with Gasteiger partial charge in [-0.15, -0.1) is 0 Å². The zero-order valence-electron chi connectivity index (χ0n) is 20.2. The molecule has 0 heterocycles. The van der Waals surface area contributed by atoms with E-state index >= 15 is 0 Å². The van der Waals surface area contributed by atoms with Gasteiger partial charge in [0.05, 0.1) is 18.5 Å². The van der Waals surface area contributed by atoms with Gasteiger partial charge in [0.2, 0.25) is 11.8 Å². The number of carbonyl (C=O) groups excluding carboxylic acids is 5. The molecule has 0 aliphatic carbocycles. The normalized spacial score (nSPS) is 10.2. The number of benzene rings is 3. The van der Waals surface area contributed by atoms with Crippen LogP contribution < -0.4 is 15.4 Å². The standard InChI is InChI=1S/C28H26N2O7/c1-19-7-9-22(10-8-19)28(35)37-23-13-11-21(12-14-23)24(31)18-36-27(34)17-30-26(33)16-29-25(32)15-20-5-3-2-4-6-20/h2-14H,15-18H2,1H3,(H,29,32)(H,30,33). The number of rotatable bonds is 11. The molecule has 3 rings (SSSR count). The fraction of sp³-hybridized carbons (Fsp3) is 0.179. The minimum absolute atomic E-state index is 0.133. The fourth-order valence-electron chi connectivity index (χ4n) is 3.10. The van der Waals surface area contributed by atoms with Gasteiger partial charge >= 0.3 is 11.9 Å². The maximum atomic E-state index is 12.3. The van der Waals surface area contributed by atoms with Gasteiger partial charge in [0.25, 0.3) is 0 Å². The van der Waals surface area contributed by atoms with E-state index in [1.165, 1.54) is 24.3 Å². The molecule has 0 radical (unpaired) electrons. The van der Waals surface area contributed by atoms with Crippen LogP contribution in [0, 0.1) is 6.92 Å². The number of nitrogens with one attached hydrogen (secondary N) is 2. The lowest BCUT2D eigenvalue weighted by Gasteiger charge is -2.08. The zero-order valence-corrected chi connectivity index (χ0v) is 20.2. The smallest absolute Gasteiger partial charge is 0.343 e. The van der Waals surface area contributed by atoms with E-state index in [9.17, 15) is 24.0 Å². The molecular formula is C28H26N2O7. The number of ketones is 1. The molecule has 0 saturated carbocycles. The number of aryl methyl sites for hydroxylation is 1. The first-order valence-corrected chi connectivity index (χ1v) is 11.4. The van der Waals surface area contributed by atoms with Crippen LogP contribution in [0.1, 0.15) is 31.8 Å². The van der Waals surface area contributed by atoms with Gasteiger partial charge in [-0.3, -0.25) is 19.2 Å². The van der Waals surface area contributed by atoms with Crippen molar-refractivity contribution in [1.82, 2.24) is 10.6 Å². The largest absolute Gasteiger partial charge is 0.456 e. The summed E-state index contributed by atoms with van der Waals surface area (Å²) in [6, 6.07) is 21.8. The Morgan fingerprint density at radius 2 is 1.32 bits per heavy atom. The summed E-state index contributed by atoms with van der Waals surface area (Å²) in [7, 11) is 0. The summed E-state index contributed by atoms with van der Waals surface area (Å²) in [5.41, 5.74) is 2.49. The van der Waals surface area contributed by atoms with E-state index in [1.54, 1.807) is 36.4 Å². The summed E-state index contributed by atoms with van der Waals surface area (Å²) in [5.74, 6) is -2.43. The van der Waals surface area contributed by atoms with Crippen LogP contribution >= 0.6 is 0 Å². The molecular weight excluding hydrogens is 476 g/mol. The van der Waals surface area contributed by atoms with Crippen LogP contribution in [-0.4, -0.2) is 49.2 Å². The number of carbonyl (C=O) groups is 5. The third-order valence-corrected chi connectivity index (χ3v) is 5.12. The van der Waals surface area contributed by atoms with E-state index in [1.807, 2.05) is 25.1 Å². The molecule has 3 aromatic rings. The van der Waals surface area contributed by atoms with Crippen LogP contribution in [0.5, 0.6) is 5.75 Å². The topological polar surface area (TPSA) is 128 Å². The predicted molar refractivity (Wildman–Crippen MR) is 134 cm³/mol. The lowest BCUT2D eigenvalue weighted by atomic mass is 10.1. The second-order valence-electron chi connectivity index (χ2n) is 8.08. The van der Waals surface area contributed by atoms with Gasteiger partial charge in [-0.2, -0.15) is 0 Å². The first-order valence-electron chi connectivity index (χ1n) is 11.4. The highest BCUT2D eigenvalue weighted by molar-refractivity contribution is 5.98. The Kier molecular flexibility index (Phi) is 9.66. The molecule has 37 heavy (non-hydrogen) atoms. The molecule has 3 aromatic carbocycles. The Balaban J connectivity index is 1.34. The Hall–Kier alpha value is -4.79. The third kappa shape index (κ3) is 9.06. The van der Waals surface area contributed by atoms with Crippen molar-refractivity contribution >= 4 is 29.5 Å². The zero-order chi connectivity index (χ0) is 26.6. The molecule has 2 amide bonds. The van der Waals surface area contributed by atoms with Crippen LogP contribution in [-0.2, 0) is 25.5 Å². The minimum Gasteiger partial charge on any atom is -0.456 e. The number of amides is 2. The van der Waals surface area contributed by atoms with Gasteiger partial charge < -0.3 is 20.1 Å². The Morgan fingerprint density at radius 3 is 2.00 bits per heavy atom. The average Bonchev–Trinajstić information content (AvgIpc) is 2.90.